The summed E-state index contributed by atoms with van der Waals surface area (Å²) in [5.41, 5.74) is 0.491. The maximum atomic E-state index is 12.7. The van der Waals surface area contributed by atoms with Crippen LogP contribution in [0.4, 0.5) is 13.2 Å². The topological polar surface area (TPSA) is 29.9 Å². The van der Waals surface area contributed by atoms with Crippen molar-refractivity contribution in [1.82, 2.24) is 14.9 Å². The van der Waals surface area contributed by atoms with Crippen LogP contribution in [0.5, 0.6) is 0 Å². The molecule has 2 rings (SSSR count). The molecule has 0 aliphatic heterocycles. The third-order valence-electron chi connectivity index (χ3n) is 2.94. The monoisotopic (exact) mass is 271 g/mol. The molecule has 1 aromatic carbocycles. The zero-order valence-electron chi connectivity index (χ0n) is 10.9. The molecule has 0 saturated carbocycles. The summed E-state index contributed by atoms with van der Waals surface area (Å²) in [6, 6.07) is 3.72. The smallest absolute Gasteiger partial charge is 0.327 e. The van der Waals surface area contributed by atoms with Crippen LogP contribution in [0, 0.1) is 0 Å². The predicted molar refractivity (Wildman–Crippen MR) is 67.8 cm³/mol. The zero-order valence-corrected chi connectivity index (χ0v) is 10.9. The van der Waals surface area contributed by atoms with E-state index in [-0.39, 0.29) is 0 Å². The van der Waals surface area contributed by atoms with E-state index in [9.17, 15) is 13.2 Å². The summed E-state index contributed by atoms with van der Waals surface area (Å²) in [7, 11) is 1.79. The van der Waals surface area contributed by atoms with Crippen LogP contribution in [-0.4, -0.2) is 16.6 Å². The van der Waals surface area contributed by atoms with Gasteiger partial charge in [-0.2, -0.15) is 13.2 Å². The Morgan fingerprint density at radius 3 is 2.63 bits per heavy atom. The van der Waals surface area contributed by atoms with Gasteiger partial charge in [-0.25, -0.2) is 4.98 Å². The van der Waals surface area contributed by atoms with Gasteiger partial charge >= 0.3 is 6.18 Å². The first-order chi connectivity index (χ1) is 8.97. The van der Waals surface area contributed by atoms with Crippen molar-refractivity contribution in [2.75, 3.05) is 7.05 Å². The van der Waals surface area contributed by atoms with Crippen molar-refractivity contribution < 1.29 is 13.2 Å². The molecule has 19 heavy (non-hydrogen) atoms. The molecule has 0 atom stereocenters. The Hall–Kier alpha value is -1.56. The van der Waals surface area contributed by atoms with Gasteiger partial charge in [-0.15, -0.1) is 0 Å². The molecule has 0 fully saturated rings. The van der Waals surface area contributed by atoms with Gasteiger partial charge in [0, 0.05) is 6.54 Å². The van der Waals surface area contributed by atoms with E-state index in [2.05, 4.69) is 10.3 Å². The summed E-state index contributed by atoms with van der Waals surface area (Å²) in [6.07, 6.45) is -3.42. The van der Waals surface area contributed by atoms with Crippen LogP contribution in [0.15, 0.2) is 18.2 Å². The number of hydrogen-bond acceptors (Lipinski definition) is 2. The van der Waals surface area contributed by atoms with Crippen molar-refractivity contribution in [3.05, 3.63) is 29.6 Å². The molecule has 0 unspecified atom stereocenters. The molecule has 2 aromatic rings. The number of nitrogens with zero attached hydrogens (tertiary/aromatic N) is 2. The first kappa shape index (κ1) is 13.9. The zero-order chi connectivity index (χ0) is 14.0. The molecule has 0 spiro atoms. The van der Waals surface area contributed by atoms with Gasteiger partial charge in [0.15, 0.2) is 0 Å². The predicted octanol–water partition coefficient (Wildman–Crippen LogP) is 3.18. The summed E-state index contributed by atoms with van der Waals surface area (Å²) in [4.78, 5) is 4.30. The molecule has 0 saturated heterocycles. The molecular formula is C13H16F3N3. The number of hydrogen-bond donors (Lipinski definition) is 1. The maximum absolute atomic E-state index is 12.7. The van der Waals surface area contributed by atoms with Gasteiger partial charge in [-0.3, -0.25) is 0 Å². The van der Waals surface area contributed by atoms with Crippen molar-refractivity contribution >= 4 is 11.0 Å². The minimum absolute atomic E-state index is 0.397. The second-order valence-electron chi connectivity index (χ2n) is 4.41. The van der Waals surface area contributed by atoms with E-state index >= 15 is 0 Å². The summed E-state index contributed by atoms with van der Waals surface area (Å²) in [6.45, 7) is 3.31. The summed E-state index contributed by atoms with van der Waals surface area (Å²) in [5, 5.41) is 2.98. The lowest BCUT2D eigenvalue weighted by Gasteiger charge is -2.08. The molecule has 3 nitrogen and oxygen atoms in total. The largest absolute Gasteiger partial charge is 0.416 e. The van der Waals surface area contributed by atoms with Crippen molar-refractivity contribution in [1.29, 1.82) is 0 Å². The van der Waals surface area contributed by atoms with Gasteiger partial charge in [-0.05, 0) is 31.7 Å². The Kier molecular flexibility index (Phi) is 3.80. The molecule has 104 valence electrons. The average molecular weight is 271 g/mol. The first-order valence-corrected chi connectivity index (χ1v) is 6.18. The van der Waals surface area contributed by atoms with Crippen LogP contribution < -0.4 is 5.32 Å². The lowest BCUT2D eigenvalue weighted by atomic mass is 10.2. The Labute approximate surface area is 109 Å². The van der Waals surface area contributed by atoms with Gasteiger partial charge in [0.2, 0.25) is 0 Å². The molecule has 0 aliphatic rings. The number of benzene rings is 1. The van der Waals surface area contributed by atoms with Crippen LogP contribution in [0.3, 0.4) is 0 Å². The highest BCUT2D eigenvalue weighted by Crippen LogP contribution is 2.31. The van der Waals surface area contributed by atoms with Crippen molar-refractivity contribution in [3.8, 4) is 0 Å². The number of rotatable bonds is 4. The second kappa shape index (κ2) is 5.21. The second-order valence-corrected chi connectivity index (χ2v) is 4.41. The minimum atomic E-state index is -4.33. The van der Waals surface area contributed by atoms with E-state index in [1.165, 1.54) is 6.07 Å². The van der Waals surface area contributed by atoms with Crippen molar-refractivity contribution in [2.45, 2.75) is 32.6 Å². The van der Waals surface area contributed by atoms with Crippen LogP contribution in [0.2, 0.25) is 0 Å². The first-order valence-electron chi connectivity index (χ1n) is 6.18. The van der Waals surface area contributed by atoms with Gasteiger partial charge < -0.3 is 9.88 Å². The third kappa shape index (κ3) is 2.73. The third-order valence-corrected chi connectivity index (χ3v) is 2.94. The number of fused-ring (bicyclic) bond motifs is 1. The molecule has 0 bridgehead atoms. The molecular weight excluding hydrogens is 255 g/mol. The van der Waals surface area contributed by atoms with Crippen molar-refractivity contribution in [2.24, 2.45) is 0 Å². The minimum Gasteiger partial charge on any atom is -0.327 e. The molecule has 6 heteroatoms. The van der Waals surface area contributed by atoms with Gasteiger partial charge in [0.05, 0.1) is 23.1 Å². The molecule has 1 N–H and O–H groups in total. The number of alkyl halides is 3. The summed E-state index contributed by atoms with van der Waals surface area (Å²) >= 11 is 0. The van der Waals surface area contributed by atoms with Gasteiger partial charge in [0.1, 0.15) is 5.82 Å². The lowest BCUT2D eigenvalue weighted by molar-refractivity contribution is -0.137. The fraction of sp³-hybridized carbons (Fsp3) is 0.462. The number of nitrogens with one attached hydrogen (secondary N) is 1. The Morgan fingerprint density at radius 2 is 2.05 bits per heavy atom. The highest BCUT2D eigenvalue weighted by molar-refractivity contribution is 5.77. The van der Waals surface area contributed by atoms with E-state index in [0.717, 1.165) is 36.4 Å². The van der Waals surface area contributed by atoms with Crippen LogP contribution in [0.1, 0.15) is 24.7 Å². The standard InChI is InChI=1S/C13H16F3N3/c1-3-6-19-11-5-4-9(13(14,15)16)7-10(11)18-12(19)8-17-2/h4-5,7,17H,3,6,8H2,1-2H3. The quantitative estimate of drug-likeness (QED) is 0.925. The highest BCUT2D eigenvalue weighted by atomic mass is 19.4. The number of halogens is 3. The Balaban J connectivity index is 2.55. The normalized spacial score (nSPS) is 12.3. The number of aryl methyl sites for hydroxylation is 1. The average Bonchev–Trinajstić information content (AvgIpc) is 2.67. The van der Waals surface area contributed by atoms with Gasteiger partial charge in [0.25, 0.3) is 0 Å². The van der Waals surface area contributed by atoms with Crippen LogP contribution in [-0.2, 0) is 19.3 Å². The highest BCUT2D eigenvalue weighted by Gasteiger charge is 2.31. The maximum Gasteiger partial charge on any atom is 0.416 e. The van der Waals surface area contributed by atoms with E-state index in [1.54, 1.807) is 7.05 Å². The molecule has 1 aromatic heterocycles. The van der Waals surface area contributed by atoms with E-state index in [4.69, 9.17) is 0 Å². The summed E-state index contributed by atoms with van der Waals surface area (Å²) in [5.74, 6) is 0.763. The van der Waals surface area contributed by atoms with E-state index < -0.39 is 11.7 Å². The van der Waals surface area contributed by atoms with Crippen molar-refractivity contribution in [3.63, 3.8) is 0 Å². The van der Waals surface area contributed by atoms with E-state index in [0.29, 0.717) is 12.1 Å². The fourth-order valence-electron chi connectivity index (χ4n) is 2.12. The lowest BCUT2D eigenvalue weighted by Crippen LogP contribution is -2.12. The molecule has 0 aliphatic carbocycles. The molecule has 1 heterocycles. The fourth-order valence-corrected chi connectivity index (χ4v) is 2.12. The van der Waals surface area contributed by atoms with Crippen LogP contribution >= 0.6 is 0 Å². The van der Waals surface area contributed by atoms with E-state index in [1.807, 2.05) is 11.5 Å². The van der Waals surface area contributed by atoms with Crippen LogP contribution in [0.25, 0.3) is 11.0 Å². The van der Waals surface area contributed by atoms with Gasteiger partial charge in [-0.1, -0.05) is 6.92 Å². The summed E-state index contributed by atoms with van der Waals surface area (Å²) < 4.78 is 40.0. The molecule has 0 amide bonds. The number of aromatic nitrogens is 2. The Bertz CT molecular complexity index is 572. The Morgan fingerprint density at radius 1 is 1.32 bits per heavy atom. The SMILES string of the molecule is CCCn1c(CNC)nc2cc(C(F)(F)F)ccc21. The molecule has 0 radical (unpaired) electrons. The number of imidazole rings is 1.